The third kappa shape index (κ3) is 6.07. The number of oxazole rings is 1. The Balaban J connectivity index is 1.38. The van der Waals surface area contributed by atoms with Crippen molar-refractivity contribution in [1.82, 2.24) is 10.3 Å². The van der Waals surface area contributed by atoms with Gasteiger partial charge in [0.2, 0.25) is 0 Å². The first-order valence-corrected chi connectivity index (χ1v) is 10.4. The number of rotatable bonds is 11. The van der Waals surface area contributed by atoms with Crippen molar-refractivity contribution in [3.05, 3.63) is 60.0 Å². The standard InChI is InChI=1S/C24H30N2O4/c1-17(15-22-26-20-9-4-5-10-21(20)29-22)11-13-25-14-12-18-7-6-8-19(16-18)30-24(2,3)23(27)28/h4-10,16-17,25H,11-15H2,1-3H3,(H,27,28). The van der Waals surface area contributed by atoms with Gasteiger partial charge in [-0.1, -0.05) is 31.2 Å². The van der Waals surface area contributed by atoms with E-state index in [1.807, 2.05) is 42.5 Å². The first-order chi connectivity index (χ1) is 14.3. The molecule has 2 aromatic carbocycles. The van der Waals surface area contributed by atoms with E-state index in [-0.39, 0.29) is 0 Å². The second-order valence-electron chi connectivity index (χ2n) is 8.24. The largest absolute Gasteiger partial charge is 0.478 e. The molecule has 3 aromatic rings. The van der Waals surface area contributed by atoms with E-state index in [1.54, 1.807) is 19.9 Å². The van der Waals surface area contributed by atoms with Gasteiger partial charge in [0.1, 0.15) is 11.3 Å². The van der Waals surface area contributed by atoms with Gasteiger partial charge in [-0.25, -0.2) is 9.78 Å². The van der Waals surface area contributed by atoms with Crippen LogP contribution in [-0.2, 0) is 17.6 Å². The van der Waals surface area contributed by atoms with Crippen LogP contribution in [0.25, 0.3) is 11.1 Å². The summed E-state index contributed by atoms with van der Waals surface area (Å²) in [7, 11) is 0. The highest BCUT2D eigenvalue weighted by Gasteiger charge is 2.29. The summed E-state index contributed by atoms with van der Waals surface area (Å²) in [6.07, 6.45) is 2.72. The number of benzene rings is 2. The van der Waals surface area contributed by atoms with Gasteiger partial charge < -0.3 is 19.6 Å². The quantitative estimate of drug-likeness (QED) is 0.454. The number of carbonyl (C=O) groups is 1. The van der Waals surface area contributed by atoms with Crippen molar-refractivity contribution in [3.63, 3.8) is 0 Å². The van der Waals surface area contributed by atoms with Crippen molar-refractivity contribution in [2.75, 3.05) is 13.1 Å². The Labute approximate surface area is 177 Å². The fourth-order valence-corrected chi connectivity index (χ4v) is 3.22. The zero-order valence-corrected chi connectivity index (χ0v) is 17.9. The van der Waals surface area contributed by atoms with Crippen molar-refractivity contribution < 1.29 is 19.1 Å². The molecule has 6 nitrogen and oxygen atoms in total. The maximum absolute atomic E-state index is 11.2. The lowest BCUT2D eigenvalue weighted by atomic mass is 10.0. The van der Waals surface area contributed by atoms with E-state index in [0.717, 1.165) is 54.9 Å². The molecule has 30 heavy (non-hydrogen) atoms. The van der Waals surface area contributed by atoms with Gasteiger partial charge in [0.25, 0.3) is 0 Å². The molecule has 160 valence electrons. The summed E-state index contributed by atoms with van der Waals surface area (Å²) in [4.78, 5) is 15.8. The second-order valence-corrected chi connectivity index (χ2v) is 8.24. The highest BCUT2D eigenvalue weighted by molar-refractivity contribution is 5.76. The van der Waals surface area contributed by atoms with Crippen LogP contribution in [0.2, 0.25) is 0 Å². The molecule has 0 aliphatic carbocycles. The van der Waals surface area contributed by atoms with Gasteiger partial charge in [-0.05, 0) is 75.5 Å². The number of para-hydroxylation sites is 2. The molecule has 0 radical (unpaired) electrons. The van der Waals surface area contributed by atoms with Crippen molar-refractivity contribution in [2.24, 2.45) is 5.92 Å². The fourth-order valence-electron chi connectivity index (χ4n) is 3.22. The molecule has 2 N–H and O–H groups in total. The molecule has 6 heteroatoms. The van der Waals surface area contributed by atoms with Crippen LogP contribution in [0.3, 0.4) is 0 Å². The molecule has 0 aliphatic heterocycles. The third-order valence-corrected chi connectivity index (χ3v) is 5.05. The topological polar surface area (TPSA) is 84.6 Å². The predicted molar refractivity (Wildman–Crippen MR) is 117 cm³/mol. The number of hydrogen-bond acceptors (Lipinski definition) is 5. The second kappa shape index (κ2) is 9.76. The lowest BCUT2D eigenvalue weighted by Gasteiger charge is -2.21. The van der Waals surface area contributed by atoms with Crippen molar-refractivity contribution in [3.8, 4) is 5.75 Å². The van der Waals surface area contributed by atoms with Gasteiger partial charge in [0.15, 0.2) is 17.1 Å². The molecule has 1 atom stereocenters. The molecule has 0 saturated carbocycles. The number of carboxylic acid groups (broad SMARTS) is 1. The van der Waals surface area contributed by atoms with Crippen LogP contribution in [-0.4, -0.2) is 34.8 Å². The first-order valence-electron chi connectivity index (χ1n) is 10.4. The minimum absolute atomic E-state index is 0.473. The lowest BCUT2D eigenvalue weighted by Crippen LogP contribution is -2.37. The van der Waals surface area contributed by atoms with Crippen molar-refractivity contribution in [2.45, 2.75) is 45.6 Å². The SMILES string of the molecule is CC(CCNCCc1cccc(OC(C)(C)C(=O)O)c1)Cc1nc2ccccc2o1. The Morgan fingerprint density at radius 2 is 2.00 bits per heavy atom. The van der Waals surface area contributed by atoms with Gasteiger partial charge in [0, 0.05) is 6.42 Å². The Morgan fingerprint density at radius 1 is 1.20 bits per heavy atom. The van der Waals surface area contributed by atoms with Crippen LogP contribution in [0.1, 0.15) is 38.6 Å². The molecule has 0 amide bonds. The van der Waals surface area contributed by atoms with Crippen molar-refractivity contribution >= 4 is 17.1 Å². The van der Waals surface area contributed by atoms with Crippen LogP contribution in [0.15, 0.2) is 52.9 Å². The maximum Gasteiger partial charge on any atom is 0.347 e. The van der Waals surface area contributed by atoms with Crippen molar-refractivity contribution in [1.29, 1.82) is 0 Å². The predicted octanol–water partition coefficient (Wildman–Crippen LogP) is 4.47. The highest BCUT2D eigenvalue weighted by Crippen LogP contribution is 2.20. The summed E-state index contributed by atoms with van der Waals surface area (Å²) >= 11 is 0. The summed E-state index contributed by atoms with van der Waals surface area (Å²) in [6.45, 7) is 7.07. The van der Waals surface area contributed by atoms with E-state index in [9.17, 15) is 9.90 Å². The molecule has 0 bridgehead atoms. The van der Waals surface area contributed by atoms with Gasteiger partial charge in [0.05, 0.1) is 0 Å². The minimum Gasteiger partial charge on any atom is -0.478 e. The molecule has 1 unspecified atom stereocenters. The third-order valence-electron chi connectivity index (χ3n) is 5.05. The summed E-state index contributed by atoms with van der Waals surface area (Å²) in [5.41, 5.74) is 1.62. The molecule has 1 aromatic heterocycles. The van der Waals surface area contributed by atoms with E-state index in [0.29, 0.717) is 11.7 Å². The molecule has 0 aliphatic rings. The van der Waals surface area contributed by atoms with E-state index >= 15 is 0 Å². The van der Waals surface area contributed by atoms with Crippen LogP contribution >= 0.6 is 0 Å². The van der Waals surface area contributed by atoms with Crippen LogP contribution in [0.5, 0.6) is 5.75 Å². The Hall–Kier alpha value is -2.86. The number of fused-ring (bicyclic) bond motifs is 1. The number of hydrogen-bond donors (Lipinski definition) is 2. The van der Waals surface area contributed by atoms with Gasteiger partial charge in [-0.3, -0.25) is 0 Å². The molecular weight excluding hydrogens is 380 g/mol. The molecule has 0 saturated heterocycles. The average molecular weight is 411 g/mol. The zero-order valence-electron chi connectivity index (χ0n) is 17.9. The molecule has 1 heterocycles. The maximum atomic E-state index is 11.2. The number of nitrogens with zero attached hydrogens (tertiary/aromatic N) is 1. The number of nitrogens with one attached hydrogen (secondary N) is 1. The Morgan fingerprint density at radius 3 is 2.77 bits per heavy atom. The Kier molecular flexibility index (Phi) is 7.11. The van der Waals surface area contributed by atoms with E-state index < -0.39 is 11.6 Å². The Bertz CT molecular complexity index is 947. The number of ether oxygens (including phenoxy) is 1. The number of aliphatic carboxylic acids is 1. The minimum atomic E-state index is -1.25. The first kappa shape index (κ1) is 21.8. The van der Waals surface area contributed by atoms with Gasteiger partial charge in [-0.2, -0.15) is 0 Å². The summed E-state index contributed by atoms with van der Waals surface area (Å²) in [5.74, 6) is 0.860. The lowest BCUT2D eigenvalue weighted by molar-refractivity contribution is -0.152. The van der Waals surface area contributed by atoms with Crippen LogP contribution in [0.4, 0.5) is 0 Å². The molecule has 3 rings (SSSR count). The zero-order chi connectivity index (χ0) is 21.6. The van der Waals surface area contributed by atoms with E-state index in [4.69, 9.17) is 9.15 Å². The van der Waals surface area contributed by atoms with Gasteiger partial charge >= 0.3 is 5.97 Å². The fraction of sp³-hybridized carbons (Fsp3) is 0.417. The molecular formula is C24H30N2O4. The van der Waals surface area contributed by atoms with Crippen LogP contribution in [0, 0.1) is 5.92 Å². The number of carboxylic acids is 1. The summed E-state index contributed by atoms with van der Waals surface area (Å²) in [5, 5.41) is 12.7. The average Bonchev–Trinajstić information content (AvgIpc) is 3.09. The summed E-state index contributed by atoms with van der Waals surface area (Å²) < 4.78 is 11.4. The van der Waals surface area contributed by atoms with Gasteiger partial charge in [-0.15, -0.1) is 0 Å². The smallest absolute Gasteiger partial charge is 0.347 e. The number of aromatic nitrogens is 1. The van der Waals surface area contributed by atoms with E-state index in [1.165, 1.54) is 0 Å². The van der Waals surface area contributed by atoms with Crippen LogP contribution < -0.4 is 10.1 Å². The summed E-state index contributed by atoms with van der Waals surface area (Å²) in [6, 6.07) is 15.5. The monoisotopic (exact) mass is 410 g/mol. The molecule has 0 fully saturated rings. The van der Waals surface area contributed by atoms with E-state index in [2.05, 4.69) is 17.2 Å². The molecule has 0 spiro atoms. The normalized spacial score (nSPS) is 12.8. The highest BCUT2D eigenvalue weighted by atomic mass is 16.5.